The quantitative estimate of drug-likeness (QED) is 0.345. The van der Waals surface area contributed by atoms with Gasteiger partial charge in [0.2, 0.25) is 5.60 Å². The van der Waals surface area contributed by atoms with E-state index in [-0.39, 0.29) is 31.8 Å². The van der Waals surface area contributed by atoms with Crippen LogP contribution in [0.5, 0.6) is 0 Å². The molecule has 0 aromatic heterocycles. The molecule has 6 N–H and O–H groups in total. The molecule has 3 aliphatic rings. The van der Waals surface area contributed by atoms with E-state index in [0.29, 0.717) is 0 Å². The molecule has 1 amide bonds. The van der Waals surface area contributed by atoms with Gasteiger partial charge in [-0.3, -0.25) is 20.2 Å². The van der Waals surface area contributed by atoms with E-state index in [4.69, 9.17) is 11.1 Å². The van der Waals surface area contributed by atoms with Crippen LogP contribution in [-0.2, 0) is 4.79 Å². The molecule has 178 valence electrons. The van der Waals surface area contributed by atoms with Gasteiger partial charge in [0.25, 0.3) is 5.91 Å². The minimum atomic E-state index is -5.50. The molecule has 0 aromatic carbocycles. The predicted molar refractivity (Wildman–Crippen MR) is 99.0 cm³/mol. The first-order valence-electron chi connectivity index (χ1n) is 9.44. The third-order valence-corrected chi connectivity index (χ3v) is 5.68. The van der Waals surface area contributed by atoms with Crippen LogP contribution in [0.3, 0.4) is 0 Å². The lowest BCUT2D eigenvalue weighted by atomic mass is 9.78. The first kappa shape index (κ1) is 24.0. The number of nitrogens with two attached hydrogens (primary N) is 1. The third kappa shape index (κ3) is 4.05. The fourth-order valence-electron chi connectivity index (χ4n) is 3.85. The summed E-state index contributed by atoms with van der Waals surface area (Å²) in [6.45, 7) is -0.255. The van der Waals surface area contributed by atoms with E-state index >= 15 is 0 Å². The van der Waals surface area contributed by atoms with Gasteiger partial charge >= 0.3 is 12.4 Å². The minimum absolute atomic E-state index is 0.121. The van der Waals surface area contributed by atoms with Gasteiger partial charge in [-0.2, -0.15) is 26.3 Å². The summed E-state index contributed by atoms with van der Waals surface area (Å²) in [6, 6.07) is -1.93. The number of allylic oxidation sites excluding steroid dienone is 1. The molecule has 2 saturated heterocycles. The van der Waals surface area contributed by atoms with Crippen LogP contribution in [-0.4, -0.2) is 88.6 Å². The Kier molecular flexibility index (Phi) is 6.01. The largest absolute Gasteiger partial charge is 0.424 e. The number of carbonyl (C=O) groups excluding carboxylic acids is 1. The zero-order valence-electron chi connectivity index (χ0n) is 16.3. The SMILES string of the molecule is N=C1NC(=O)C(O)C(O)(C(F)(F)F)C1=C(N)C1CCN(C2=NCC(C(F)(F)F)N=C2)CC1. The summed E-state index contributed by atoms with van der Waals surface area (Å²) in [6.07, 6.45) is -11.7. The Morgan fingerprint density at radius 1 is 1.25 bits per heavy atom. The number of piperidine rings is 2. The van der Waals surface area contributed by atoms with Gasteiger partial charge in [0.15, 0.2) is 12.1 Å². The summed E-state index contributed by atoms with van der Waals surface area (Å²) in [4.78, 5) is 20.5. The normalized spacial score (nSPS) is 32.0. The molecule has 0 spiro atoms. The van der Waals surface area contributed by atoms with Crippen LogP contribution >= 0.6 is 0 Å². The average Bonchev–Trinajstić information content (AvgIpc) is 2.71. The molecule has 3 rings (SSSR count). The predicted octanol–water partition coefficient (Wildman–Crippen LogP) is 0.0864. The van der Waals surface area contributed by atoms with Crippen LogP contribution in [0, 0.1) is 11.3 Å². The van der Waals surface area contributed by atoms with Gasteiger partial charge in [-0.05, 0) is 12.8 Å². The van der Waals surface area contributed by atoms with Crippen molar-refractivity contribution in [2.24, 2.45) is 21.6 Å². The Balaban J connectivity index is 1.79. The summed E-state index contributed by atoms with van der Waals surface area (Å²) in [7, 11) is 0. The van der Waals surface area contributed by atoms with Crippen molar-refractivity contribution in [1.82, 2.24) is 10.2 Å². The lowest BCUT2D eigenvalue weighted by molar-refractivity contribution is -0.269. The summed E-state index contributed by atoms with van der Waals surface area (Å²) in [5, 5.41) is 29.5. The van der Waals surface area contributed by atoms with Gasteiger partial charge in [-0.1, -0.05) is 0 Å². The number of nitrogens with zero attached hydrogens (tertiary/aromatic N) is 3. The number of aliphatic imine (C=N–C) groups is 2. The summed E-state index contributed by atoms with van der Waals surface area (Å²) >= 11 is 0. The van der Waals surface area contributed by atoms with Crippen molar-refractivity contribution in [2.75, 3.05) is 19.6 Å². The van der Waals surface area contributed by atoms with Crippen molar-refractivity contribution in [1.29, 1.82) is 5.41 Å². The second kappa shape index (κ2) is 8.03. The molecule has 0 aromatic rings. The molecule has 9 nitrogen and oxygen atoms in total. The van der Waals surface area contributed by atoms with E-state index in [1.54, 1.807) is 10.2 Å². The number of alkyl halides is 6. The molecule has 3 unspecified atom stereocenters. The number of hydrogen-bond donors (Lipinski definition) is 5. The maximum Gasteiger partial charge on any atom is 0.424 e. The van der Waals surface area contributed by atoms with Crippen LogP contribution in [0.15, 0.2) is 21.3 Å². The van der Waals surface area contributed by atoms with Gasteiger partial charge in [-0.15, -0.1) is 0 Å². The van der Waals surface area contributed by atoms with Gasteiger partial charge in [0.05, 0.1) is 18.3 Å². The molecule has 0 aliphatic carbocycles. The van der Waals surface area contributed by atoms with Crippen LogP contribution in [0.25, 0.3) is 0 Å². The molecule has 3 atom stereocenters. The Hall–Kier alpha value is -2.68. The van der Waals surface area contributed by atoms with Crippen molar-refractivity contribution in [3.63, 3.8) is 0 Å². The Labute approximate surface area is 177 Å². The van der Waals surface area contributed by atoms with Crippen molar-refractivity contribution < 1.29 is 41.4 Å². The molecule has 0 saturated carbocycles. The molecule has 0 radical (unpaired) electrons. The van der Waals surface area contributed by atoms with Crippen molar-refractivity contribution in [3.05, 3.63) is 11.3 Å². The first-order valence-corrected chi connectivity index (χ1v) is 9.44. The second-order valence-corrected chi connectivity index (χ2v) is 7.66. The number of halogens is 6. The Bertz CT molecular complexity index is 890. The lowest BCUT2D eigenvalue weighted by Gasteiger charge is -2.42. The average molecular weight is 470 g/mol. The highest BCUT2D eigenvalue weighted by Gasteiger charge is 2.67. The highest BCUT2D eigenvalue weighted by Crippen LogP contribution is 2.43. The van der Waals surface area contributed by atoms with E-state index in [2.05, 4.69) is 9.98 Å². The van der Waals surface area contributed by atoms with Crippen molar-refractivity contribution >= 4 is 23.8 Å². The van der Waals surface area contributed by atoms with Crippen molar-refractivity contribution in [2.45, 2.75) is 42.9 Å². The Morgan fingerprint density at radius 3 is 2.31 bits per heavy atom. The van der Waals surface area contributed by atoms with Crippen LogP contribution in [0.4, 0.5) is 26.3 Å². The number of hydrogen-bond acceptors (Lipinski definition) is 8. The van der Waals surface area contributed by atoms with E-state index in [1.165, 1.54) is 0 Å². The van der Waals surface area contributed by atoms with Gasteiger partial charge in [-0.25, -0.2) is 0 Å². The molecule has 32 heavy (non-hydrogen) atoms. The molecular formula is C17H20F6N6O3. The van der Waals surface area contributed by atoms with Gasteiger partial charge in [0, 0.05) is 24.7 Å². The van der Waals surface area contributed by atoms with E-state index in [9.17, 15) is 41.4 Å². The number of likely N-dealkylation sites (tertiary alicyclic amines) is 1. The highest BCUT2D eigenvalue weighted by molar-refractivity contribution is 6.29. The Morgan fingerprint density at radius 2 is 1.84 bits per heavy atom. The number of aliphatic hydroxyl groups is 2. The number of nitrogens with one attached hydrogen (secondary N) is 2. The zero-order chi connectivity index (χ0) is 24.1. The fourth-order valence-corrected chi connectivity index (χ4v) is 3.85. The third-order valence-electron chi connectivity index (χ3n) is 5.68. The molecular weight excluding hydrogens is 450 g/mol. The van der Waals surface area contributed by atoms with E-state index in [1.807, 2.05) is 0 Å². The maximum atomic E-state index is 13.6. The fraction of sp³-hybridized carbons (Fsp3) is 0.647. The number of amidine groups is 2. The summed E-state index contributed by atoms with van der Waals surface area (Å²) in [5.74, 6) is -3.22. The van der Waals surface area contributed by atoms with Gasteiger partial charge in [0.1, 0.15) is 11.7 Å². The smallest absolute Gasteiger partial charge is 0.401 e. The monoisotopic (exact) mass is 470 g/mol. The molecule has 3 heterocycles. The minimum Gasteiger partial charge on any atom is -0.401 e. The molecule has 0 bridgehead atoms. The number of amides is 1. The topological polar surface area (TPSA) is 147 Å². The lowest BCUT2D eigenvalue weighted by Crippen LogP contribution is -2.68. The van der Waals surface area contributed by atoms with Crippen molar-refractivity contribution in [3.8, 4) is 0 Å². The van der Waals surface area contributed by atoms with Crippen LogP contribution in [0.2, 0.25) is 0 Å². The van der Waals surface area contributed by atoms with Crippen LogP contribution in [0.1, 0.15) is 12.8 Å². The summed E-state index contributed by atoms with van der Waals surface area (Å²) in [5.41, 5.74) is 0.210. The number of rotatable bonds is 1. The first-order chi connectivity index (χ1) is 14.7. The highest BCUT2D eigenvalue weighted by atomic mass is 19.4. The zero-order valence-corrected chi connectivity index (χ0v) is 16.3. The van der Waals surface area contributed by atoms with E-state index in [0.717, 1.165) is 6.21 Å². The van der Waals surface area contributed by atoms with E-state index < -0.39 is 65.6 Å². The molecule has 15 heteroatoms. The summed E-state index contributed by atoms with van der Waals surface area (Å²) < 4.78 is 78.9. The number of carbonyl (C=O) groups is 1. The molecule has 3 aliphatic heterocycles. The molecule has 2 fully saturated rings. The second-order valence-electron chi connectivity index (χ2n) is 7.66. The van der Waals surface area contributed by atoms with Gasteiger partial charge < -0.3 is 26.2 Å². The maximum absolute atomic E-state index is 13.6. The standard InChI is InChI=1S/C17H20F6N6O3/c18-16(19,20)8-5-27-9(6-26-8)29-3-1-7(2-4-29)11(24)10-13(25)28-14(31)12(30)15(10,32)17(21,22)23/h6-8,12,30,32H,1-5,24H2,(H2,25,28,31). The number of aliphatic hydroxyl groups excluding tert-OH is 1. The van der Waals surface area contributed by atoms with Crippen LogP contribution < -0.4 is 11.1 Å².